The summed E-state index contributed by atoms with van der Waals surface area (Å²) in [6.07, 6.45) is 45.5. The first-order chi connectivity index (χ1) is 44.8. The van der Waals surface area contributed by atoms with Crippen LogP contribution in [0.1, 0.15) is 213 Å². The average molecular weight is 1300 g/mol. The van der Waals surface area contributed by atoms with E-state index in [-0.39, 0.29) is 18.9 Å². The van der Waals surface area contributed by atoms with Crippen molar-refractivity contribution >= 4 is 5.91 Å². The van der Waals surface area contributed by atoms with Crippen molar-refractivity contribution in [2.75, 3.05) is 26.4 Å². The molecule has 3 heterocycles. The van der Waals surface area contributed by atoms with Crippen LogP contribution in [0.5, 0.6) is 0 Å². The van der Waals surface area contributed by atoms with Crippen LogP contribution < -0.4 is 5.32 Å². The summed E-state index contributed by atoms with van der Waals surface area (Å²) in [5.74, 6) is -0.295. The molecule has 92 heavy (non-hydrogen) atoms. The molecule has 3 saturated heterocycles. The third-order valence-corrected chi connectivity index (χ3v) is 16.8. The summed E-state index contributed by atoms with van der Waals surface area (Å²) >= 11 is 0. The summed E-state index contributed by atoms with van der Waals surface area (Å²) in [5, 5.41) is 120. The molecule has 3 fully saturated rings. The van der Waals surface area contributed by atoms with Gasteiger partial charge in [-0.3, -0.25) is 4.79 Å². The van der Waals surface area contributed by atoms with Crippen LogP contribution in [-0.2, 0) is 33.2 Å². The van der Waals surface area contributed by atoms with Gasteiger partial charge in [0.15, 0.2) is 18.9 Å². The van der Waals surface area contributed by atoms with Crippen LogP contribution in [0.3, 0.4) is 0 Å². The minimum absolute atomic E-state index is 0.228. The van der Waals surface area contributed by atoms with Crippen molar-refractivity contribution in [1.82, 2.24) is 5.32 Å². The molecule has 0 saturated carbocycles. The highest BCUT2D eigenvalue weighted by atomic mass is 16.8. The smallest absolute Gasteiger partial charge is 0.220 e. The highest BCUT2D eigenvalue weighted by molar-refractivity contribution is 5.76. The third-order valence-electron chi connectivity index (χ3n) is 16.8. The van der Waals surface area contributed by atoms with Crippen molar-refractivity contribution in [2.24, 2.45) is 0 Å². The van der Waals surface area contributed by atoms with E-state index < -0.39 is 124 Å². The monoisotopic (exact) mass is 1300 g/mol. The van der Waals surface area contributed by atoms with Crippen molar-refractivity contribution in [2.45, 2.75) is 317 Å². The quantitative estimate of drug-likeness (QED) is 0.0199. The van der Waals surface area contributed by atoms with Crippen LogP contribution in [0, 0.1) is 0 Å². The molecule has 12 N–H and O–H groups in total. The molecule has 19 heteroatoms. The van der Waals surface area contributed by atoms with Gasteiger partial charge in [0, 0.05) is 6.42 Å². The molecule has 0 radical (unpaired) electrons. The van der Waals surface area contributed by atoms with Gasteiger partial charge in [-0.15, -0.1) is 0 Å². The Morgan fingerprint density at radius 1 is 0.391 bits per heavy atom. The number of unbranched alkanes of at least 4 members (excludes halogenated alkanes) is 20. The number of nitrogens with one attached hydrogen (secondary N) is 1. The molecule has 17 unspecified atom stereocenters. The average Bonchev–Trinajstić information content (AvgIpc) is 0.799. The standard InChI is InChI=1S/C73H123NO18/c1-3-5-7-9-11-13-15-16-17-18-19-20-21-22-23-24-25-26-27-28-29-30-31-32-33-34-35-36-37-38-39-40-41-43-45-47-49-51-61(79)74-56(57(78)50-48-46-44-42-14-12-10-8-6-4-2)55-87-71-67(85)64(82)69(59(53-76)89-71)92-73-68(86)65(83)70(60(54-77)90-73)91-72-66(84)63(81)62(80)58(52-75)88-72/h5-8,11,13-14,16-17,19-20,22-23,25-26,42,48,50,56-60,62-73,75-78,80-86H,3-4,9-10,12,15,18,21,24,27-41,43-47,49,51-55H2,1-2H3,(H,74,79)/b7-5-,8-6+,13-11-,17-16-,20-19-,23-22-,26-25-,42-14+,50-48+. The molecule has 0 aromatic carbocycles. The van der Waals surface area contributed by atoms with Crippen LogP contribution in [-0.4, -0.2) is 193 Å². The van der Waals surface area contributed by atoms with E-state index in [9.17, 15) is 61.0 Å². The third kappa shape index (κ3) is 34.9. The Bertz CT molecular complexity index is 2090. The van der Waals surface area contributed by atoms with Gasteiger partial charge in [-0.25, -0.2) is 0 Å². The number of ether oxygens (including phenoxy) is 6. The number of carbonyl (C=O) groups is 1. The molecular weight excluding hydrogens is 1180 g/mol. The van der Waals surface area contributed by atoms with Gasteiger partial charge in [-0.2, -0.15) is 0 Å². The van der Waals surface area contributed by atoms with Gasteiger partial charge in [0.1, 0.15) is 73.2 Å². The lowest BCUT2D eigenvalue weighted by Gasteiger charge is -2.48. The minimum Gasteiger partial charge on any atom is -0.394 e. The van der Waals surface area contributed by atoms with Crippen LogP contribution in [0.2, 0.25) is 0 Å². The molecule has 3 aliphatic heterocycles. The lowest BCUT2D eigenvalue weighted by molar-refractivity contribution is -0.379. The first-order valence-electron chi connectivity index (χ1n) is 35.1. The Morgan fingerprint density at radius 3 is 1.17 bits per heavy atom. The predicted octanol–water partition coefficient (Wildman–Crippen LogP) is 9.44. The highest BCUT2D eigenvalue weighted by Gasteiger charge is 2.53. The number of hydrogen-bond acceptors (Lipinski definition) is 18. The maximum absolute atomic E-state index is 13.4. The molecule has 0 bridgehead atoms. The second-order valence-corrected chi connectivity index (χ2v) is 24.6. The largest absolute Gasteiger partial charge is 0.394 e. The SMILES string of the molecule is CC/C=C\C/C=C\C/C=C\C/C=C\C/C=C\C/C=C\CCCCCCCCCCCCCCCCCCCCC(=O)NC(COC1OC(CO)C(OC2OC(CO)C(OC3OC(CO)C(O)C(O)C3O)C(O)C2O)C(O)C1O)C(O)/C=C/CC/C=C/CC/C=C/CC. The molecule has 3 rings (SSSR count). The number of aliphatic hydroxyl groups is 11. The lowest BCUT2D eigenvalue weighted by Crippen LogP contribution is -2.66. The molecule has 528 valence electrons. The second-order valence-electron chi connectivity index (χ2n) is 24.6. The summed E-state index contributed by atoms with van der Waals surface area (Å²) in [6, 6.07) is -0.999. The van der Waals surface area contributed by atoms with E-state index in [2.05, 4.69) is 116 Å². The van der Waals surface area contributed by atoms with E-state index >= 15 is 0 Å². The van der Waals surface area contributed by atoms with Crippen LogP contribution in [0.4, 0.5) is 0 Å². The topological polar surface area (TPSA) is 307 Å². The van der Waals surface area contributed by atoms with E-state index in [1.807, 2.05) is 6.08 Å². The number of rotatable bonds is 52. The highest BCUT2D eigenvalue weighted by Crippen LogP contribution is 2.33. The number of hydrogen-bond donors (Lipinski definition) is 12. The zero-order chi connectivity index (χ0) is 66.8. The number of aliphatic hydroxyl groups excluding tert-OH is 11. The summed E-state index contributed by atoms with van der Waals surface area (Å²) in [5.41, 5.74) is 0. The van der Waals surface area contributed by atoms with Crippen molar-refractivity contribution in [3.05, 3.63) is 109 Å². The Balaban J connectivity index is 1.31. The first kappa shape index (κ1) is 82.7. The van der Waals surface area contributed by atoms with Crippen molar-refractivity contribution in [1.29, 1.82) is 0 Å². The molecule has 0 aromatic rings. The molecule has 0 aromatic heterocycles. The van der Waals surface area contributed by atoms with Crippen molar-refractivity contribution < 1.29 is 89.4 Å². The molecular formula is C73H123NO18. The van der Waals surface area contributed by atoms with Gasteiger partial charge < -0.3 is 89.9 Å². The van der Waals surface area contributed by atoms with Gasteiger partial charge in [-0.05, 0) is 89.9 Å². The van der Waals surface area contributed by atoms with Crippen molar-refractivity contribution in [3.8, 4) is 0 Å². The summed E-state index contributed by atoms with van der Waals surface area (Å²) in [7, 11) is 0. The van der Waals surface area contributed by atoms with Gasteiger partial charge in [-0.1, -0.05) is 226 Å². The van der Waals surface area contributed by atoms with Crippen LogP contribution >= 0.6 is 0 Å². The predicted molar refractivity (Wildman–Crippen MR) is 360 cm³/mol. The number of carbonyl (C=O) groups excluding carboxylic acids is 1. The summed E-state index contributed by atoms with van der Waals surface area (Å²) in [6.45, 7) is 1.44. The van der Waals surface area contributed by atoms with E-state index in [1.165, 1.54) is 96.3 Å². The molecule has 1 amide bonds. The van der Waals surface area contributed by atoms with E-state index in [4.69, 9.17) is 28.4 Å². The maximum atomic E-state index is 13.4. The summed E-state index contributed by atoms with van der Waals surface area (Å²) < 4.78 is 34.2. The Labute approximate surface area is 551 Å². The molecule has 3 aliphatic rings. The fraction of sp³-hybridized carbons (Fsp3) is 0.740. The molecule has 0 aliphatic carbocycles. The van der Waals surface area contributed by atoms with Gasteiger partial charge in [0.25, 0.3) is 0 Å². The molecule has 0 spiro atoms. The fourth-order valence-electron chi connectivity index (χ4n) is 11.2. The normalized spacial score (nSPS) is 28.4. The second kappa shape index (κ2) is 53.6. The molecule has 17 atom stereocenters. The van der Waals surface area contributed by atoms with Crippen LogP contribution in [0.15, 0.2) is 109 Å². The minimum atomic E-state index is -1.98. The summed E-state index contributed by atoms with van der Waals surface area (Å²) in [4.78, 5) is 13.4. The van der Waals surface area contributed by atoms with E-state index in [0.29, 0.717) is 12.8 Å². The Morgan fingerprint density at radius 2 is 0.728 bits per heavy atom. The van der Waals surface area contributed by atoms with Gasteiger partial charge in [0.05, 0.1) is 38.6 Å². The van der Waals surface area contributed by atoms with Crippen molar-refractivity contribution in [3.63, 3.8) is 0 Å². The Kier molecular flexibility index (Phi) is 48.1. The van der Waals surface area contributed by atoms with E-state index in [0.717, 1.165) is 83.5 Å². The number of amides is 1. The number of allylic oxidation sites excluding steroid dienone is 17. The molecule has 19 nitrogen and oxygen atoms in total. The zero-order valence-electron chi connectivity index (χ0n) is 55.7. The van der Waals surface area contributed by atoms with Gasteiger partial charge >= 0.3 is 0 Å². The van der Waals surface area contributed by atoms with Crippen LogP contribution in [0.25, 0.3) is 0 Å². The van der Waals surface area contributed by atoms with E-state index in [1.54, 1.807) is 6.08 Å². The Hall–Kier alpha value is -3.55. The first-order valence-corrected chi connectivity index (χ1v) is 35.1. The maximum Gasteiger partial charge on any atom is 0.220 e. The zero-order valence-corrected chi connectivity index (χ0v) is 55.7. The van der Waals surface area contributed by atoms with Gasteiger partial charge in [0.2, 0.25) is 5.91 Å². The lowest BCUT2D eigenvalue weighted by atomic mass is 9.96. The fourth-order valence-corrected chi connectivity index (χ4v) is 11.2.